The monoisotopic (exact) mass is 284 g/mol. The number of rotatable bonds is 6. The molecule has 19 heavy (non-hydrogen) atoms. The third-order valence-corrected chi connectivity index (χ3v) is 4.48. The van der Waals surface area contributed by atoms with Crippen molar-refractivity contribution in [1.82, 2.24) is 4.98 Å². The van der Waals surface area contributed by atoms with Crippen molar-refractivity contribution in [3.8, 4) is 0 Å². The van der Waals surface area contributed by atoms with Crippen LogP contribution in [0.25, 0.3) is 0 Å². The molecule has 0 aliphatic carbocycles. The molecule has 6 heteroatoms. The normalized spacial score (nSPS) is 11.4. The van der Waals surface area contributed by atoms with Crippen molar-refractivity contribution in [2.45, 2.75) is 46.1 Å². The van der Waals surface area contributed by atoms with Gasteiger partial charge in [-0.3, -0.25) is 4.79 Å². The lowest BCUT2D eigenvalue weighted by Crippen LogP contribution is -2.35. The lowest BCUT2D eigenvalue weighted by atomic mass is 9.95. The van der Waals surface area contributed by atoms with E-state index in [1.165, 1.54) is 18.3 Å². The molecule has 0 aliphatic rings. The average molecular weight is 284 g/mol. The summed E-state index contributed by atoms with van der Waals surface area (Å²) in [7, 11) is 0. The number of carbonyl (C=O) groups is 2. The molecule has 0 radical (unpaired) electrons. The molecule has 0 aliphatic heterocycles. The molecular weight excluding hydrogens is 264 g/mol. The standard InChI is InChI=1S/C13H20N2O3S/c1-5-13(14,6-2)12-15-9(11(17)18-7-3)10(19-12)8(4)16/h5-7,14H2,1-4H3. The van der Waals surface area contributed by atoms with Crippen LogP contribution in [0.3, 0.4) is 0 Å². The van der Waals surface area contributed by atoms with Crippen molar-refractivity contribution < 1.29 is 14.3 Å². The molecule has 0 amide bonds. The van der Waals surface area contributed by atoms with E-state index in [0.717, 1.165) is 0 Å². The van der Waals surface area contributed by atoms with Crippen LogP contribution >= 0.6 is 11.3 Å². The van der Waals surface area contributed by atoms with Crippen LogP contribution in [0.15, 0.2) is 0 Å². The molecule has 106 valence electrons. The Kier molecular flexibility index (Phi) is 5.20. The Morgan fingerprint density at radius 1 is 1.32 bits per heavy atom. The van der Waals surface area contributed by atoms with Crippen molar-refractivity contribution >= 4 is 23.1 Å². The number of ether oxygens (including phenoxy) is 1. The maximum absolute atomic E-state index is 11.8. The van der Waals surface area contributed by atoms with Gasteiger partial charge in [-0.05, 0) is 19.8 Å². The van der Waals surface area contributed by atoms with Crippen LogP contribution in [0.5, 0.6) is 0 Å². The highest BCUT2D eigenvalue weighted by Crippen LogP contribution is 2.32. The van der Waals surface area contributed by atoms with Crippen molar-refractivity contribution in [2.24, 2.45) is 5.73 Å². The number of nitrogens with zero attached hydrogens (tertiary/aromatic N) is 1. The van der Waals surface area contributed by atoms with Gasteiger partial charge in [-0.2, -0.15) is 0 Å². The molecule has 1 aromatic heterocycles. The Labute approximate surface area is 117 Å². The van der Waals surface area contributed by atoms with Crippen LogP contribution in [0, 0.1) is 0 Å². The summed E-state index contributed by atoms with van der Waals surface area (Å²) < 4.78 is 4.92. The minimum absolute atomic E-state index is 0.0890. The zero-order chi connectivity index (χ0) is 14.6. The molecule has 0 saturated heterocycles. The smallest absolute Gasteiger partial charge is 0.358 e. The maximum Gasteiger partial charge on any atom is 0.358 e. The van der Waals surface area contributed by atoms with Crippen LogP contribution in [0.1, 0.15) is 65.7 Å². The molecule has 0 spiro atoms. The molecule has 1 rings (SSSR count). The summed E-state index contributed by atoms with van der Waals surface area (Å²) >= 11 is 1.19. The summed E-state index contributed by atoms with van der Waals surface area (Å²) in [6.07, 6.45) is 1.38. The van der Waals surface area contributed by atoms with Gasteiger partial charge in [0.2, 0.25) is 0 Å². The Morgan fingerprint density at radius 2 is 1.89 bits per heavy atom. The van der Waals surface area contributed by atoms with E-state index in [-0.39, 0.29) is 18.1 Å². The van der Waals surface area contributed by atoms with E-state index in [1.54, 1.807) is 6.92 Å². The fourth-order valence-electron chi connectivity index (χ4n) is 1.66. The van der Waals surface area contributed by atoms with Gasteiger partial charge in [-0.15, -0.1) is 11.3 Å². The first kappa shape index (κ1) is 15.8. The van der Waals surface area contributed by atoms with Crippen molar-refractivity contribution in [1.29, 1.82) is 0 Å². The predicted octanol–water partition coefficient (Wildman–Crippen LogP) is 2.50. The van der Waals surface area contributed by atoms with Crippen molar-refractivity contribution in [3.63, 3.8) is 0 Å². The van der Waals surface area contributed by atoms with Crippen LogP contribution < -0.4 is 5.73 Å². The minimum Gasteiger partial charge on any atom is -0.461 e. The third kappa shape index (κ3) is 3.19. The zero-order valence-electron chi connectivity index (χ0n) is 11.8. The van der Waals surface area contributed by atoms with Gasteiger partial charge in [0.1, 0.15) is 9.88 Å². The van der Waals surface area contributed by atoms with Crippen LogP contribution in [-0.2, 0) is 10.3 Å². The number of ketones is 1. The second-order valence-corrected chi connectivity index (χ2v) is 5.34. The van der Waals surface area contributed by atoms with E-state index >= 15 is 0 Å². The summed E-state index contributed by atoms with van der Waals surface area (Å²) in [6, 6.07) is 0. The van der Waals surface area contributed by atoms with Gasteiger partial charge in [0.15, 0.2) is 11.5 Å². The Hall–Kier alpha value is -1.27. The zero-order valence-corrected chi connectivity index (χ0v) is 12.6. The van der Waals surface area contributed by atoms with E-state index in [9.17, 15) is 9.59 Å². The molecular formula is C13H20N2O3S. The van der Waals surface area contributed by atoms with Crippen LogP contribution in [-0.4, -0.2) is 23.3 Å². The van der Waals surface area contributed by atoms with Gasteiger partial charge in [0, 0.05) is 6.92 Å². The van der Waals surface area contributed by atoms with Crippen molar-refractivity contribution in [3.05, 3.63) is 15.6 Å². The molecule has 0 saturated carbocycles. The fraction of sp³-hybridized carbons (Fsp3) is 0.615. The summed E-state index contributed by atoms with van der Waals surface area (Å²) in [5.41, 5.74) is 5.75. The number of thiazole rings is 1. The van der Waals surface area contributed by atoms with Gasteiger partial charge in [-0.1, -0.05) is 13.8 Å². The maximum atomic E-state index is 11.8. The third-order valence-electron chi connectivity index (χ3n) is 3.10. The number of aromatic nitrogens is 1. The van der Waals surface area contributed by atoms with E-state index < -0.39 is 11.5 Å². The molecule has 0 aromatic carbocycles. The summed E-state index contributed by atoms with van der Waals surface area (Å²) in [4.78, 5) is 28.0. The first-order valence-electron chi connectivity index (χ1n) is 6.37. The SMILES string of the molecule is CCOC(=O)c1nc(C(N)(CC)CC)sc1C(C)=O. The molecule has 1 heterocycles. The molecule has 2 N–H and O–H groups in total. The van der Waals surface area contributed by atoms with E-state index in [1.807, 2.05) is 13.8 Å². The second kappa shape index (κ2) is 6.25. The van der Waals surface area contributed by atoms with Gasteiger partial charge >= 0.3 is 5.97 Å². The van der Waals surface area contributed by atoms with Gasteiger partial charge in [0.25, 0.3) is 0 Å². The van der Waals surface area contributed by atoms with Gasteiger partial charge < -0.3 is 10.5 Å². The van der Waals surface area contributed by atoms with Crippen molar-refractivity contribution in [2.75, 3.05) is 6.61 Å². The number of hydrogen-bond acceptors (Lipinski definition) is 6. The lowest BCUT2D eigenvalue weighted by Gasteiger charge is -2.23. The highest BCUT2D eigenvalue weighted by Gasteiger charge is 2.31. The molecule has 0 bridgehead atoms. The average Bonchev–Trinajstić information content (AvgIpc) is 2.84. The first-order valence-corrected chi connectivity index (χ1v) is 7.19. The molecule has 0 atom stereocenters. The van der Waals surface area contributed by atoms with Gasteiger partial charge in [0.05, 0.1) is 12.1 Å². The second-order valence-electron chi connectivity index (χ2n) is 4.34. The lowest BCUT2D eigenvalue weighted by molar-refractivity contribution is 0.0517. The molecule has 5 nitrogen and oxygen atoms in total. The first-order chi connectivity index (χ1) is 8.89. The Morgan fingerprint density at radius 3 is 2.32 bits per heavy atom. The van der Waals surface area contributed by atoms with Crippen LogP contribution in [0.2, 0.25) is 0 Å². The number of carbonyl (C=O) groups excluding carboxylic acids is 2. The van der Waals surface area contributed by atoms with Crippen LogP contribution in [0.4, 0.5) is 0 Å². The highest BCUT2D eigenvalue weighted by atomic mass is 32.1. The summed E-state index contributed by atoms with van der Waals surface area (Å²) in [5, 5.41) is 0.616. The number of nitrogens with two attached hydrogens (primary N) is 1. The summed E-state index contributed by atoms with van der Waals surface area (Å²) in [6.45, 7) is 7.29. The predicted molar refractivity (Wildman–Crippen MR) is 74.5 cm³/mol. The number of Topliss-reactive ketones (excluding diaryl/α,β-unsaturated/α-hetero) is 1. The quantitative estimate of drug-likeness (QED) is 0.641. The molecule has 0 fully saturated rings. The largest absolute Gasteiger partial charge is 0.461 e. The van der Waals surface area contributed by atoms with Gasteiger partial charge in [-0.25, -0.2) is 9.78 Å². The minimum atomic E-state index is -0.598. The highest BCUT2D eigenvalue weighted by molar-refractivity contribution is 7.14. The van der Waals surface area contributed by atoms with E-state index in [2.05, 4.69) is 4.98 Å². The fourth-order valence-corrected chi connectivity index (χ4v) is 2.85. The number of esters is 1. The van der Waals surface area contributed by atoms with E-state index in [0.29, 0.717) is 22.7 Å². The Bertz CT molecular complexity index is 478. The number of hydrogen-bond donors (Lipinski definition) is 1. The summed E-state index contributed by atoms with van der Waals surface area (Å²) in [5.74, 6) is -0.758. The Balaban J connectivity index is 3.29. The van der Waals surface area contributed by atoms with E-state index in [4.69, 9.17) is 10.5 Å². The molecule has 1 aromatic rings. The topological polar surface area (TPSA) is 82.3 Å². The molecule has 0 unspecified atom stereocenters.